The second-order valence-corrected chi connectivity index (χ2v) is 23.8. The third kappa shape index (κ3) is 7.22. The smallest absolute Gasteiger partial charge is 0.187 e. The Morgan fingerprint density at radius 1 is 0.591 bits per heavy atom. The van der Waals surface area contributed by atoms with Crippen LogP contribution < -0.4 is 0 Å². The van der Waals surface area contributed by atoms with Crippen molar-refractivity contribution in [3.63, 3.8) is 0 Å². The van der Waals surface area contributed by atoms with E-state index in [0.29, 0.717) is 32.1 Å². The van der Waals surface area contributed by atoms with Crippen molar-refractivity contribution in [3.8, 4) is 0 Å². The van der Waals surface area contributed by atoms with Crippen molar-refractivity contribution >= 4 is 0 Å². The van der Waals surface area contributed by atoms with Gasteiger partial charge in [-0.1, -0.05) is 27.7 Å². The Kier molecular flexibility index (Phi) is 12.9. The van der Waals surface area contributed by atoms with Crippen molar-refractivity contribution in [2.45, 2.75) is 228 Å². The van der Waals surface area contributed by atoms with Crippen molar-refractivity contribution < 1.29 is 94.4 Å². The lowest BCUT2D eigenvalue weighted by Gasteiger charge is -2.64. The van der Waals surface area contributed by atoms with Gasteiger partial charge in [-0.2, -0.15) is 0 Å². The van der Waals surface area contributed by atoms with Crippen LogP contribution in [0.2, 0.25) is 0 Å². The van der Waals surface area contributed by atoms with Crippen LogP contribution in [0.1, 0.15) is 106 Å². The zero-order valence-electron chi connectivity index (χ0n) is 39.3. The number of hydrogen-bond acceptors (Lipinski definition) is 19. The van der Waals surface area contributed by atoms with Crippen molar-refractivity contribution in [2.75, 3.05) is 19.8 Å². The molecule has 9 fully saturated rings. The molecule has 66 heavy (non-hydrogen) atoms. The molecule has 0 unspecified atom stereocenters. The molecule has 26 atom stereocenters. The Bertz CT molecular complexity index is 1770. The summed E-state index contributed by atoms with van der Waals surface area (Å²) in [7, 11) is 0. The van der Waals surface area contributed by atoms with Crippen LogP contribution >= 0.6 is 0 Å². The van der Waals surface area contributed by atoms with Crippen LogP contribution in [-0.4, -0.2) is 203 Å². The summed E-state index contributed by atoms with van der Waals surface area (Å²) in [5, 5.41) is 129. The molecule has 2 spiro atoms. The van der Waals surface area contributed by atoms with Crippen LogP contribution in [-0.2, 0) is 33.2 Å². The molecule has 19 nitrogen and oxygen atoms in total. The normalized spacial score (nSPS) is 58.0. The lowest BCUT2D eigenvalue weighted by atomic mass is 9.41. The van der Waals surface area contributed by atoms with Crippen molar-refractivity contribution in [1.82, 2.24) is 0 Å². The molecule has 4 saturated heterocycles. The van der Waals surface area contributed by atoms with Gasteiger partial charge in [0, 0.05) is 5.92 Å². The van der Waals surface area contributed by atoms with Crippen LogP contribution in [0.5, 0.6) is 0 Å². The summed E-state index contributed by atoms with van der Waals surface area (Å²) in [6, 6.07) is 0. The van der Waals surface area contributed by atoms with E-state index >= 15 is 0 Å². The first-order valence-electron chi connectivity index (χ1n) is 24.4. The second kappa shape index (κ2) is 16.9. The first-order chi connectivity index (χ1) is 30.8. The molecule has 9 aliphatic rings. The summed E-state index contributed by atoms with van der Waals surface area (Å²) < 4.78 is 43.2. The summed E-state index contributed by atoms with van der Waals surface area (Å²) in [4.78, 5) is 0. The number of aliphatic hydroxyl groups is 12. The van der Waals surface area contributed by atoms with Crippen LogP contribution in [0.3, 0.4) is 0 Å². The molecule has 380 valence electrons. The van der Waals surface area contributed by atoms with Gasteiger partial charge in [0.25, 0.3) is 0 Å². The molecule has 0 amide bonds. The molecule has 0 aromatic heterocycles. The topological polar surface area (TPSA) is 307 Å². The van der Waals surface area contributed by atoms with E-state index in [9.17, 15) is 61.3 Å². The van der Waals surface area contributed by atoms with Crippen LogP contribution in [0.15, 0.2) is 0 Å². The molecule has 0 radical (unpaired) electrons. The van der Waals surface area contributed by atoms with E-state index < -0.39 is 140 Å². The summed E-state index contributed by atoms with van der Waals surface area (Å²) in [5.41, 5.74) is -3.37. The number of rotatable bonds is 10. The molecule has 0 bridgehead atoms. The summed E-state index contributed by atoms with van der Waals surface area (Å²) in [6.45, 7) is 13.0. The summed E-state index contributed by atoms with van der Waals surface area (Å²) >= 11 is 0. The van der Waals surface area contributed by atoms with Gasteiger partial charge < -0.3 is 94.4 Å². The van der Waals surface area contributed by atoms with Gasteiger partial charge in [0.15, 0.2) is 18.9 Å². The number of hydrogen-bond donors (Lipinski definition) is 12. The van der Waals surface area contributed by atoms with Gasteiger partial charge in [-0.3, -0.25) is 0 Å². The maximum atomic E-state index is 12.5. The number of aliphatic hydroxyl groups excluding tert-OH is 12. The van der Waals surface area contributed by atoms with Crippen LogP contribution in [0.25, 0.3) is 0 Å². The van der Waals surface area contributed by atoms with Crippen molar-refractivity contribution in [2.24, 2.45) is 44.8 Å². The fraction of sp³-hybridized carbons (Fsp3) is 1.00. The van der Waals surface area contributed by atoms with E-state index in [-0.39, 0.29) is 46.0 Å². The number of fused-ring (bicyclic) bond motifs is 2. The molecule has 9 rings (SSSR count). The van der Waals surface area contributed by atoms with E-state index in [1.807, 2.05) is 13.8 Å². The molecular weight excluding hydrogens is 868 g/mol. The molecule has 4 heterocycles. The van der Waals surface area contributed by atoms with Gasteiger partial charge >= 0.3 is 0 Å². The highest BCUT2D eigenvalue weighted by Gasteiger charge is 2.85. The first-order valence-corrected chi connectivity index (χ1v) is 24.4. The molecule has 4 aliphatic heterocycles. The molecule has 0 aromatic rings. The Labute approximate surface area is 386 Å². The fourth-order valence-electron chi connectivity index (χ4n) is 16.4. The fourth-order valence-corrected chi connectivity index (χ4v) is 16.4. The standard InChI is InChI=1S/C47H78O19/c1-41(2)26(63-40-35(28(53)22(52)18-60-40)64-38-33(58)31(56)29(54)23(16-48)61-38)9-11-47-19-46(47)13-12-43(5)37(21(51)15-44(43,6)25(46)14-20(50)36(41)47)45(7)10-8-27(65-45)42(3,4)66-39-34(59)32(57)30(55)24(17-49)62-39/h20-40,48-59H,8-19H2,1-7H3/t20-,21+,22-,23+,24+,25-,26+,27-,28-,29-,30+,31+,32+,33+,34-,35-,36+,37-,38+,39+,40-,43-,44-,45+,46-,47+/m0/s1. The monoisotopic (exact) mass is 947 g/mol. The molecule has 5 saturated carbocycles. The van der Waals surface area contributed by atoms with Crippen molar-refractivity contribution in [1.29, 1.82) is 0 Å². The number of ether oxygens (including phenoxy) is 7. The lowest BCUT2D eigenvalue weighted by Crippen LogP contribution is -2.64. The lowest BCUT2D eigenvalue weighted by molar-refractivity contribution is -0.366. The van der Waals surface area contributed by atoms with E-state index in [4.69, 9.17) is 33.2 Å². The minimum absolute atomic E-state index is 0.0698. The minimum Gasteiger partial charge on any atom is -0.394 e. The highest BCUT2D eigenvalue weighted by atomic mass is 16.8. The molecule has 5 aliphatic carbocycles. The van der Waals surface area contributed by atoms with Gasteiger partial charge in [0.2, 0.25) is 0 Å². The Morgan fingerprint density at radius 2 is 1.21 bits per heavy atom. The summed E-state index contributed by atoms with van der Waals surface area (Å²) in [6.07, 6.45) is -16.5. The van der Waals surface area contributed by atoms with Crippen LogP contribution in [0.4, 0.5) is 0 Å². The highest BCUT2D eigenvalue weighted by molar-refractivity contribution is 5.33. The Balaban J connectivity index is 0.907. The predicted molar refractivity (Wildman–Crippen MR) is 226 cm³/mol. The summed E-state index contributed by atoms with van der Waals surface area (Å²) in [5.74, 6) is -0.293. The largest absolute Gasteiger partial charge is 0.394 e. The average molecular weight is 947 g/mol. The van der Waals surface area contributed by atoms with Crippen molar-refractivity contribution in [3.05, 3.63) is 0 Å². The molecule has 0 aromatic carbocycles. The quantitative estimate of drug-likeness (QED) is 0.112. The zero-order chi connectivity index (χ0) is 48.1. The highest BCUT2D eigenvalue weighted by Crippen LogP contribution is 2.89. The SMILES string of the molecule is CC(C)(O[C@H]1O[C@H](CO)[C@@H](O)[C@@H](O)[C@@H]1O)[C@@H]1CC[C@](C)([C@H]2[C@H](O)C[C@@]3(C)[C@@H]4C[C@H](O)[C@@H]5C(C)(C)[C@H](O[C@@H]6OC[C@H](O)[C@H](O)[C@@H]6O[C@H]6O[C@H](CO)[C@H](O)[C@@H](O)[C@H]6O)CC[C@@]56C[C@@]46CC[C@@]23C)O1. The molecule has 19 heteroatoms. The van der Waals surface area contributed by atoms with Gasteiger partial charge in [-0.25, -0.2) is 0 Å². The Morgan fingerprint density at radius 3 is 1.85 bits per heavy atom. The minimum atomic E-state index is -1.75. The van der Waals surface area contributed by atoms with Gasteiger partial charge in [-0.05, 0) is 117 Å². The third-order valence-corrected chi connectivity index (χ3v) is 19.9. The second-order valence-electron chi connectivity index (χ2n) is 23.8. The predicted octanol–water partition coefficient (Wildman–Crippen LogP) is -1.45. The van der Waals surface area contributed by atoms with E-state index in [0.717, 1.165) is 25.7 Å². The molecular formula is C47H78O19. The van der Waals surface area contributed by atoms with E-state index in [2.05, 4.69) is 34.6 Å². The zero-order valence-corrected chi connectivity index (χ0v) is 39.3. The molecule has 12 N–H and O–H groups in total. The van der Waals surface area contributed by atoms with Gasteiger partial charge in [-0.15, -0.1) is 0 Å². The van der Waals surface area contributed by atoms with Crippen LogP contribution in [0, 0.1) is 44.8 Å². The van der Waals surface area contributed by atoms with Gasteiger partial charge in [0.1, 0.15) is 67.1 Å². The van der Waals surface area contributed by atoms with E-state index in [1.54, 1.807) is 0 Å². The maximum absolute atomic E-state index is 12.5. The first kappa shape index (κ1) is 50.2. The van der Waals surface area contributed by atoms with E-state index in [1.165, 1.54) is 0 Å². The Hall–Kier alpha value is -0.760. The van der Waals surface area contributed by atoms with Gasteiger partial charge in [0.05, 0.1) is 55.4 Å². The third-order valence-electron chi connectivity index (χ3n) is 19.9. The maximum Gasteiger partial charge on any atom is 0.187 e. The average Bonchev–Trinajstić information content (AvgIpc) is 3.61.